The molecule has 1 heterocycles. The van der Waals surface area contributed by atoms with Crippen molar-refractivity contribution >= 4 is 17.5 Å². The lowest BCUT2D eigenvalue weighted by atomic mass is 10.1. The highest BCUT2D eigenvalue weighted by atomic mass is 16.6. The minimum Gasteiger partial charge on any atom is -0.481 e. The first kappa shape index (κ1) is 14.5. The average Bonchev–Trinajstić information content (AvgIpc) is 2.47. The molecule has 8 nitrogen and oxygen atoms in total. The lowest BCUT2D eigenvalue weighted by Crippen LogP contribution is -2.08. The molecule has 0 saturated carbocycles. The molecular weight excluding hydrogens is 274 g/mol. The summed E-state index contributed by atoms with van der Waals surface area (Å²) in [6.07, 6.45) is 0.699. The van der Waals surface area contributed by atoms with Crippen LogP contribution in [0.5, 0.6) is 5.88 Å². The molecule has 0 amide bonds. The van der Waals surface area contributed by atoms with Crippen LogP contribution in [0.4, 0.5) is 17.5 Å². The number of anilines is 2. The van der Waals surface area contributed by atoms with Crippen molar-refractivity contribution in [3.05, 3.63) is 46.0 Å². The van der Waals surface area contributed by atoms with Gasteiger partial charge < -0.3 is 15.8 Å². The predicted octanol–water partition coefficient (Wildman–Crippen LogP) is 1.63. The summed E-state index contributed by atoms with van der Waals surface area (Å²) in [5, 5.41) is 13.7. The Bertz CT molecular complexity index is 630. The van der Waals surface area contributed by atoms with E-state index < -0.39 is 4.92 Å². The van der Waals surface area contributed by atoms with Gasteiger partial charge in [0.15, 0.2) is 0 Å². The van der Waals surface area contributed by atoms with E-state index in [2.05, 4.69) is 15.3 Å². The maximum Gasteiger partial charge on any atom is 0.269 e. The smallest absolute Gasteiger partial charge is 0.269 e. The Kier molecular flexibility index (Phi) is 4.50. The number of nitrogens with two attached hydrogens (primary N) is 1. The maximum atomic E-state index is 10.6. The molecule has 0 aliphatic carbocycles. The summed E-state index contributed by atoms with van der Waals surface area (Å²) in [6, 6.07) is 8.08. The van der Waals surface area contributed by atoms with Crippen LogP contribution < -0.4 is 15.8 Å². The van der Waals surface area contributed by atoms with Crippen LogP contribution >= 0.6 is 0 Å². The number of ether oxygens (including phenoxy) is 1. The van der Waals surface area contributed by atoms with Gasteiger partial charge in [-0.25, -0.2) is 0 Å². The predicted molar refractivity (Wildman–Crippen MR) is 78.3 cm³/mol. The standard InChI is InChI=1S/C13H15N5O3/c1-21-12-8-11(16-13(14)17-12)15-7-6-9-2-4-10(5-3-9)18(19)20/h2-5,8H,6-7H2,1H3,(H3,14,15,16,17). The molecule has 0 radical (unpaired) electrons. The number of benzene rings is 1. The third-order valence-corrected chi connectivity index (χ3v) is 2.80. The van der Waals surface area contributed by atoms with Gasteiger partial charge >= 0.3 is 0 Å². The first-order valence-electron chi connectivity index (χ1n) is 6.24. The third kappa shape index (κ3) is 4.03. The Morgan fingerprint density at radius 3 is 2.67 bits per heavy atom. The van der Waals surface area contributed by atoms with Gasteiger partial charge in [-0.2, -0.15) is 9.97 Å². The van der Waals surface area contributed by atoms with Crippen LogP contribution in [0.3, 0.4) is 0 Å². The van der Waals surface area contributed by atoms with Crippen LogP contribution in [0.25, 0.3) is 0 Å². The molecule has 2 aromatic rings. The minimum atomic E-state index is -0.419. The normalized spacial score (nSPS) is 10.1. The van der Waals surface area contributed by atoms with Gasteiger partial charge in [-0.1, -0.05) is 12.1 Å². The molecule has 8 heteroatoms. The Morgan fingerprint density at radius 1 is 1.33 bits per heavy atom. The van der Waals surface area contributed by atoms with E-state index in [0.29, 0.717) is 24.7 Å². The first-order valence-corrected chi connectivity index (χ1v) is 6.24. The molecule has 0 saturated heterocycles. The highest BCUT2D eigenvalue weighted by molar-refractivity contribution is 5.43. The summed E-state index contributed by atoms with van der Waals surface area (Å²) < 4.78 is 5.00. The number of rotatable bonds is 6. The van der Waals surface area contributed by atoms with Crippen LogP contribution in [0.15, 0.2) is 30.3 Å². The van der Waals surface area contributed by atoms with Gasteiger partial charge in [-0.05, 0) is 12.0 Å². The van der Waals surface area contributed by atoms with E-state index in [0.717, 1.165) is 5.56 Å². The number of hydrogen-bond donors (Lipinski definition) is 2. The summed E-state index contributed by atoms with van der Waals surface area (Å²) >= 11 is 0. The highest BCUT2D eigenvalue weighted by Gasteiger charge is 2.05. The SMILES string of the molecule is COc1cc(NCCc2ccc([N+](=O)[O-])cc2)nc(N)n1. The molecule has 0 atom stereocenters. The molecule has 21 heavy (non-hydrogen) atoms. The van der Waals surface area contributed by atoms with Crippen LogP contribution in [-0.2, 0) is 6.42 Å². The molecule has 1 aromatic heterocycles. The second-order valence-electron chi connectivity index (χ2n) is 4.25. The number of non-ortho nitro benzene ring substituents is 1. The van der Waals surface area contributed by atoms with Crippen molar-refractivity contribution < 1.29 is 9.66 Å². The van der Waals surface area contributed by atoms with Crippen molar-refractivity contribution in [2.75, 3.05) is 24.7 Å². The number of nitro benzene ring substituents is 1. The van der Waals surface area contributed by atoms with Gasteiger partial charge in [0.1, 0.15) is 5.82 Å². The van der Waals surface area contributed by atoms with E-state index in [1.165, 1.54) is 19.2 Å². The highest BCUT2D eigenvalue weighted by Crippen LogP contribution is 2.15. The number of nitro groups is 1. The molecule has 110 valence electrons. The topological polar surface area (TPSA) is 116 Å². The number of nitrogen functional groups attached to an aromatic ring is 1. The third-order valence-electron chi connectivity index (χ3n) is 2.80. The number of aromatic nitrogens is 2. The van der Waals surface area contributed by atoms with Crippen molar-refractivity contribution in [3.8, 4) is 5.88 Å². The van der Waals surface area contributed by atoms with Crippen LogP contribution in [0.1, 0.15) is 5.56 Å². The lowest BCUT2D eigenvalue weighted by molar-refractivity contribution is -0.384. The van der Waals surface area contributed by atoms with E-state index in [9.17, 15) is 10.1 Å². The van der Waals surface area contributed by atoms with Crippen molar-refractivity contribution in [2.24, 2.45) is 0 Å². The van der Waals surface area contributed by atoms with Crippen molar-refractivity contribution in [1.82, 2.24) is 9.97 Å². The van der Waals surface area contributed by atoms with Gasteiger partial charge in [0, 0.05) is 24.7 Å². The summed E-state index contributed by atoms with van der Waals surface area (Å²) in [4.78, 5) is 18.1. The fraction of sp³-hybridized carbons (Fsp3) is 0.231. The number of nitrogens with zero attached hydrogens (tertiary/aromatic N) is 3. The second kappa shape index (κ2) is 6.51. The largest absolute Gasteiger partial charge is 0.481 e. The van der Waals surface area contributed by atoms with Gasteiger partial charge in [0.05, 0.1) is 12.0 Å². The average molecular weight is 289 g/mol. The van der Waals surface area contributed by atoms with Crippen molar-refractivity contribution in [1.29, 1.82) is 0 Å². The monoisotopic (exact) mass is 289 g/mol. The van der Waals surface area contributed by atoms with Gasteiger partial charge in [0.2, 0.25) is 11.8 Å². The molecule has 0 fully saturated rings. The number of nitrogens with one attached hydrogen (secondary N) is 1. The number of methoxy groups -OCH3 is 1. The fourth-order valence-electron chi connectivity index (χ4n) is 1.76. The minimum absolute atomic E-state index is 0.0834. The lowest BCUT2D eigenvalue weighted by Gasteiger charge is -2.07. The maximum absolute atomic E-state index is 10.6. The van der Waals surface area contributed by atoms with E-state index >= 15 is 0 Å². The molecule has 2 rings (SSSR count). The van der Waals surface area contributed by atoms with Crippen molar-refractivity contribution in [2.45, 2.75) is 6.42 Å². The second-order valence-corrected chi connectivity index (χ2v) is 4.25. The molecule has 3 N–H and O–H groups in total. The van der Waals surface area contributed by atoms with Gasteiger partial charge in [0.25, 0.3) is 5.69 Å². The Balaban J connectivity index is 1.92. The van der Waals surface area contributed by atoms with Crippen LogP contribution in [0.2, 0.25) is 0 Å². The molecular formula is C13H15N5O3. The zero-order chi connectivity index (χ0) is 15.2. The quantitative estimate of drug-likeness (QED) is 0.613. The Morgan fingerprint density at radius 2 is 2.05 bits per heavy atom. The van der Waals surface area contributed by atoms with E-state index in [1.54, 1.807) is 18.2 Å². The molecule has 1 aromatic carbocycles. The summed E-state index contributed by atoms with van der Waals surface area (Å²) in [6.45, 7) is 0.609. The zero-order valence-corrected chi connectivity index (χ0v) is 11.4. The van der Waals surface area contributed by atoms with Gasteiger partial charge in [-0.3, -0.25) is 10.1 Å². The molecule has 0 spiro atoms. The fourth-order valence-corrected chi connectivity index (χ4v) is 1.76. The zero-order valence-electron chi connectivity index (χ0n) is 11.4. The van der Waals surface area contributed by atoms with Crippen molar-refractivity contribution in [3.63, 3.8) is 0 Å². The molecule has 0 aliphatic heterocycles. The molecule has 0 unspecified atom stereocenters. The van der Waals surface area contributed by atoms with E-state index in [1.807, 2.05) is 0 Å². The van der Waals surface area contributed by atoms with Gasteiger partial charge in [-0.15, -0.1) is 0 Å². The van der Waals surface area contributed by atoms with E-state index in [4.69, 9.17) is 10.5 Å². The Labute approximate surface area is 121 Å². The van der Waals surface area contributed by atoms with Crippen LogP contribution in [-0.4, -0.2) is 28.5 Å². The summed E-state index contributed by atoms with van der Waals surface area (Å²) in [5.41, 5.74) is 6.63. The molecule has 0 bridgehead atoms. The molecule has 0 aliphatic rings. The number of hydrogen-bond acceptors (Lipinski definition) is 7. The summed E-state index contributed by atoms with van der Waals surface area (Å²) in [7, 11) is 1.50. The Hall–Kier alpha value is -2.90. The first-order chi connectivity index (χ1) is 10.1. The van der Waals surface area contributed by atoms with E-state index in [-0.39, 0.29) is 11.6 Å². The van der Waals surface area contributed by atoms with Crippen LogP contribution in [0, 0.1) is 10.1 Å². The summed E-state index contributed by atoms with van der Waals surface area (Å²) in [5.74, 6) is 1.09.